The molecule has 19 heavy (non-hydrogen) atoms. The molecule has 3 heteroatoms. The van der Waals surface area contributed by atoms with Crippen LogP contribution in [0.1, 0.15) is 50.3 Å². The Balaban J connectivity index is 3.03. The van der Waals surface area contributed by atoms with Crippen LogP contribution in [0.3, 0.4) is 0 Å². The Bertz CT molecular complexity index is 390. The number of nitrogens with one attached hydrogen (secondary N) is 1. The van der Waals surface area contributed by atoms with E-state index in [1.165, 1.54) is 11.1 Å². The van der Waals surface area contributed by atoms with Crippen LogP contribution in [0.5, 0.6) is 5.75 Å². The molecule has 0 saturated carbocycles. The number of hydrogen-bond acceptors (Lipinski definition) is 3. The van der Waals surface area contributed by atoms with Crippen molar-refractivity contribution in [2.24, 2.45) is 11.7 Å². The maximum absolute atomic E-state index is 6.42. The fraction of sp³-hybridized carbons (Fsp3) is 0.625. The summed E-state index contributed by atoms with van der Waals surface area (Å²) in [6.45, 7) is 7.49. The van der Waals surface area contributed by atoms with Gasteiger partial charge in [-0.25, -0.2) is 0 Å². The van der Waals surface area contributed by atoms with E-state index in [2.05, 4.69) is 38.2 Å². The van der Waals surface area contributed by atoms with Crippen LogP contribution >= 0.6 is 0 Å². The summed E-state index contributed by atoms with van der Waals surface area (Å²) >= 11 is 0. The lowest BCUT2D eigenvalue weighted by Crippen LogP contribution is -2.29. The molecule has 0 bridgehead atoms. The molecular formula is C16H28N2O. The summed E-state index contributed by atoms with van der Waals surface area (Å²) in [4.78, 5) is 0. The molecule has 1 aromatic rings. The molecule has 0 radical (unpaired) electrons. The maximum Gasteiger partial charge on any atom is 0.122 e. The second-order valence-electron chi connectivity index (χ2n) is 5.41. The predicted molar refractivity (Wildman–Crippen MR) is 81.7 cm³/mol. The van der Waals surface area contributed by atoms with Crippen molar-refractivity contribution in [1.29, 1.82) is 0 Å². The Labute approximate surface area is 117 Å². The molecule has 0 heterocycles. The van der Waals surface area contributed by atoms with Crippen LogP contribution in [0.2, 0.25) is 0 Å². The third-order valence-electron chi connectivity index (χ3n) is 3.76. The van der Waals surface area contributed by atoms with Crippen LogP contribution in [0.15, 0.2) is 18.2 Å². The Hall–Kier alpha value is -1.06. The van der Waals surface area contributed by atoms with Crippen molar-refractivity contribution < 1.29 is 4.74 Å². The normalized spacial score (nSPS) is 14.5. The minimum absolute atomic E-state index is 0.0702. The topological polar surface area (TPSA) is 47.3 Å². The van der Waals surface area contributed by atoms with Crippen molar-refractivity contribution in [1.82, 2.24) is 5.32 Å². The zero-order valence-electron chi connectivity index (χ0n) is 12.9. The quantitative estimate of drug-likeness (QED) is 0.795. The minimum Gasteiger partial charge on any atom is -0.496 e. The summed E-state index contributed by atoms with van der Waals surface area (Å²) in [5, 5.41) is 3.22. The second kappa shape index (κ2) is 7.51. The van der Waals surface area contributed by atoms with Gasteiger partial charge in [-0.2, -0.15) is 0 Å². The smallest absolute Gasteiger partial charge is 0.122 e. The molecule has 0 spiro atoms. The fourth-order valence-electron chi connectivity index (χ4n) is 2.47. The molecule has 0 fully saturated rings. The molecule has 0 aromatic heterocycles. The van der Waals surface area contributed by atoms with Crippen LogP contribution in [-0.4, -0.2) is 20.7 Å². The summed E-state index contributed by atoms with van der Waals surface area (Å²) in [6, 6.07) is 6.40. The van der Waals surface area contributed by atoms with Crippen molar-refractivity contribution in [2.75, 3.05) is 20.7 Å². The molecule has 1 rings (SSSR count). The van der Waals surface area contributed by atoms with Crippen LogP contribution in [-0.2, 0) is 0 Å². The molecule has 0 aliphatic heterocycles. The molecule has 108 valence electrons. The van der Waals surface area contributed by atoms with E-state index in [-0.39, 0.29) is 6.04 Å². The van der Waals surface area contributed by atoms with Gasteiger partial charge in [-0.05, 0) is 42.6 Å². The first-order valence-corrected chi connectivity index (χ1v) is 7.13. The van der Waals surface area contributed by atoms with Gasteiger partial charge in [0.2, 0.25) is 0 Å². The Morgan fingerprint density at radius 1 is 1.32 bits per heavy atom. The lowest BCUT2D eigenvalue weighted by atomic mass is 9.89. The third-order valence-corrected chi connectivity index (χ3v) is 3.76. The van der Waals surface area contributed by atoms with Crippen molar-refractivity contribution in [3.63, 3.8) is 0 Å². The standard InChI is InChI=1S/C16H28N2O/c1-6-12(10-18-4)16(17)13-7-8-15(19-5)14(9-13)11(2)3/h7-9,11-12,16,18H,6,10,17H2,1-5H3. The lowest BCUT2D eigenvalue weighted by molar-refractivity contribution is 0.397. The Morgan fingerprint density at radius 3 is 2.47 bits per heavy atom. The lowest BCUT2D eigenvalue weighted by Gasteiger charge is -2.24. The largest absolute Gasteiger partial charge is 0.496 e. The van der Waals surface area contributed by atoms with E-state index in [9.17, 15) is 0 Å². The number of ether oxygens (including phenoxy) is 1. The number of methoxy groups -OCH3 is 1. The van der Waals surface area contributed by atoms with Crippen LogP contribution in [0, 0.1) is 5.92 Å². The predicted octanol–water partition coefficient (Wildman–Crippen LogP) is 3.06. The zero-order chi connectivity index (χ0) is 14.4. The Kier molecular flexibility index (Phi) is 6.32. The SMILES string of the molecule is CCC(CNC)C(N)c1ccc(OC)c(C(C)C)c1. The van der Waals surface area contributed by atoms with Gasteiger partial charge in [0.05, 0.1) is 7.11 Å². The van der Waals surface area contributed by atoms with Crippen molar-refractivity contribution in [3.05, 3.63) is 29.3 Å². The fourth-order valence-corrected chi connectivity index (χ4v) is 2.47. The third kappa shape index (κ3) is 3.95. The van der Waals surface area contributed by atoms with Crippen molar-refractivity contribution >= 4 is 0 Å². The van der Waals surface area contributed by atoms with Crippen LogP contribution < -0.4 is 15.8 Å². The summed E-state index contributed by atoms with van der Waals surface area (Å²) in [7, 11) is 3.69. The summed E-state index contributed by atoms with van der Waals surface area (Å²) < 4.78 is 5.42. The average Bonchev–Trinajstić information content (AvgIpc) is 2.43. The van der Waals surface area contributed by atoms with Gasteiger partial charge in [-0.3, -0.25) is 0 Å². The van der Waals surface area contributed by atoms with E-state index in [4.69, 9.17) is 10.5 Å². The van der Waals surface area contributed by atoms with Gasteiger partial charge < -0.3 is 15.8 Å². The number of hydrogen-bond donors (Lipinski definition) is 2. The van der Waals surface area contributed by atoms with E-state index in [0.29, 0.717) is 11.8 Å². The average molecular weight is 264 g/mol. The van der Waals surface area contributed by atoms with Gasteiger partial charge in [0.1, 0.15) is 5.75 Å². The summed E-state index contributed by atoms with van der Waals surface area (Å²) in [5.74, 6) is 1.84. The molecule has 2 atom stereocenters. The number of nitrogens with two attached hydrogens (primary N) is 1. The molecule has 1 aromatic carbocycles. The number of benzene rings is 1. The highest BCUT2D eigenvalue weighted by molar-refractivity contribution is 5.40. The van der Waals surface area contributed by atoms with E-state index in [0.717, 1.165) is 18.7 Å². The van der Waals surface area contributed by atoms with Crippen LogP contribution in [0.25, 0.3) is 0 Å². The van der Waals surface area contributed by atoms with Gasteiger partial charge >= 0.3 is 0 Å². The molecular weight excluding hydrogens is 236 g/mol. The molecule has 2 unspecified atom stereocenters. The van der Waals surface area contributed by atoms with Crippen molar-refractivity contribution in [3.8, 4) is 5.75 Å². The molecule has 3 N–H and O–H groups in total. The molecule has 0 saturated heterocycles. The molecule has 3 nitrogen and oxygen atoms in total. The van der Waals surface area contributed by atoms with E-state index >= 15 is 0 Å². The monoisotopic (exact) mass is 264 g/mol. The number of rotatable bonds is 7. The summed E-state index contributed by atoms with van der Waals surface area (Å²) in [5.41, 5.74) is 8.85. The molecule has 0 aliphatic rings. The van der Waals surface area contributed by atoms with E-state index in [1.54, 1.807) is 7.11 Å². The summed E-state index contributed by atoms with van der Waals surface area (Å²) in [6.07, 6.45) is 1.07. The first kappa shape index (κ1) is 16.0. The second-order valence-corrected chi connectivity index (χ2v) is 5.41. The van der Waals surface area contributed by atoms with Gasteiger partial charge in [0, 0.05) is 6.04 Å². The van der Waals surface area contributed by atoms with Crippen LogP contribution in [0.4, 0.5) is 0 Å². The maximum atomic E-state index is 6.42. The van der Waals surface area contributed by atoms with Gasteiger partial charge in [0.15, 0.2) is 0 Å². The Morgan fingerprint density at radius 2 is 2.00 bits per heavy atom. The highest BCUT2D eigenvalue weighted by Gasteiger charge is 2.19. The molecule has 0 aliphatic carbocycles. The van der Waals surface area contributed by atoms with Gasteiger partial charge in [-0.1, -0.05) is 39.3 Å². The van der Waals surface area contributed by atoms with E-state index in [1.807, 2.05) is 13.1 Å². The molecule has 0 amide bonds. The van der Waals surface area contributed by atoms with Gasteiger partial charge in [-0.15, -0.1) is 0 Å². The zero-order valence-corrected chi connectivity index (χ0v) is 12.9. The van der Waals surface area contributed by atoms with Crippen molar-refractivity contribution in [2.45, 2.75) is 39.2 Å². The highest BCUT2D eigenvalue weighted by Crippen LogP contribution is 2.31. The minimum atomic E-state index is 0.0702. The van der Waals surface area contributed by atoms with E-state index < -0.39 is 0 Å². The first-order valence-electron chi connectivity index (χ1n) is 7.13. The van der Waals surface area contributed by atoms with Gasteiger partial charge in [0.25, 0.3) is 0 Å². The highest BCUT2D eigenvalue weighted by atomic mass is 16.5. The first-order chi connectivity index (χ1) is 9.04.